The van der Waals surface area contributed by atoms with E-state index >= 15 is 0 Å². The van der Waals surface area contributed by atoms with Gasteiger partial charge in [-0.25, -0.2) is 0 Å². The SMILES string of the molecule is CCOc1ccc(C(=O)Nc2ccc(OCc3ccccc3)cc2)cc1COc1ccc(OC)cc1. The highest BCUT2D eigenvalue weighted by Crippen LogP contribution is 2.25. The van der Waals surface area contributed by atoms with Crippen molar-refractivity contribution in [3.8, 4) is 23.0 Å². The summed E-state index contributed by atoms with van der Waals surface area (Å²) >= 11 is 0. The lowest BCUT2D eigenvalue weighted by Crippen LogP contribution is -2.13. The molecule has 0 aliphatic carbocycles. The first-order valence-corrected chi connectivity index (χ1v) is 11.8. The summed E-state index contributed by atoms with van der Waals surface area (Å²) in [6.07, 6.45) is 0. The lowest BCUT2D eigenvalue weighted by atomic mass is 10.1. The van der Waals surface area contributed by atoms with Gasteiger partial charge in [-0.2, -0.15) is 0 Å². The number of carbonyl (C=O) groups is 1. The first kappa shape index (κ1) is 24.7. The maximum absolute atomic E-state index is 12.9. The fourth-order valence-corrected chi connectivity index (χ4v) is 3.54. The Morgan fingerprint density at radius 3 is 2.03 bits per heavy atom. The van der Waals surface area contributed by atoms with Crippen LogP contribution in [0.3, 0.4) is 0 Å². The van der Waals surface area contributed by atoms with Crippen molar-refractivity contribution in [2.45, 2.75) is 20.1 Å². The Labute approximate surface area is 211 Å². The molecule has 36 heavy (non-hydrogen) atoms. The Kier molecular flexibility index (Phi) is 8.44. The molecule has 0 aliphatic rings. The standard InChI is InChI=1S/C30H29NO5/c1-3-34-29-18-9-23(19-24(29)21-36-28-16-14-26(33-2)15-17-28)30(32)31-25-10-12-27(13-11-25)35-20-22-7-5-4-6-8-22/h4-19H,3,20-21H2,1-2H3,(H,31,32). The molecule has 1 N–H and O–H groups in total. The maximum Gasteiger partial charge on any atom is 0.255 e. The molecule has 1 amide bonds. The normalized spacial score (nSPS) is 10.4. The third-order valence-electron chi connectivity index (χ3n) is 5.44. The summed E-state index contributed by atoms with van der Waals surface area (Å²) in [6, 6.07) is 30.0. The van der Waals surface area contributed by atoms with Gasteiger partial charge in [-0.15, -0.1) is 0 Å². The number of hydrogen-bond donors (Lipinski definition) is 1. The molecule has 0 saturated carbocycles. The van der Waals surface area contributed by atoms with Crippen molar-refractivity contribution in [3.63, 3.8) is 0 Å². The Balaban J connectivity index is 1.39. The predicted octanol–water partition coefficient (Wildman–Crippen LogP) is 6.50. The summed E-state index contributed by atoms with van der Waals surface area (Å²) in [6.45, 7) is 3.18. The summed E-state index contributed by atoms with van der Waals surface area (Å²) in [4.78, 5) is 12.9. The molecule has 0 aromatic heterocycles. The van der Waals surface area contributed by atoms with Crippen molar-refractivity contribution in [1.82, 2.24) is 0 Å². The molecule has 4 rings (SSSR count). The van der Waals surface area contributed by atoms with Crippen LogP contribution in [0.4, 0.5) is 5.69 Å². The number of ether oxygens (including phenoxy) is 4. The molecule has 6 heteroatoms. The lowest BCUT2D eigenvalue weighted by Gasteiger charge is -2.14. The molecular formula is C30H29NO5. The molecule has 6 nitrogen and oxygen atoms in total. The summed E-state index contributed by atoms with van der Waals surface area (Å²) in [5, 5.41) is 2.93. The van der Waals surface area contributed by atoms with E-state index in [1.54, 1.807) is 25.3 Å². The molecule has 0 spiro atoms. The van der Waals surface area contributed by atoms with E-state index in [0.29, 0.717) is 36.0 Å². The van der Waals surface area contributed by atoms with Gasteiger partial charge in [0.2, 0.25) is 0 Å². The third-order valence-corrected chi connectivity index (χ3v) is 5.44. The van der Waals surface area contributed by atoms with Gasteiger partial charge in [-0.05, 0) is 79.2 Å². The molecule has 0 heterocycles. The quantitative estimate of drug-likeness (QED) is 0.264. The maximum atomic E-state index is 12.9. The van der Waals surface area contributed by atoms with Crippen molar-refractivity contribution < 1.29 is 23.7 Å². The number of benzene rings is 4. The van der Waals surface area contributed by atoms with Crippen LogP contribution in [0.5, 0.6) is 23.0 Å². The zero-order chi connectivity index (χ0) is 25.2. The highest BCUT2D eigenvalue weighted by molar-refractivity contribution is 6.04. The minimum Gasteiger partial charge on any atom is -0.497 e. The summed E-state index contributed by atoms with van der Waals surface area (Å²) in [5.41, 5.74) is 3.07. The summed E-state index contributed by atoms with van der Waals surface area (Å²) < 4.78 is 22.7. The van der Waals surface area contributed by atoms with Crippen LogP contribution < -0.4 is 24.3 Å². The van der Waals surface area contributed by atoms with E-state index in [4.69, 9.17) is 18.9 Å². The van der Waals surface area contributed by atoms with E-state index in [1.807, 2.05) is 85.8 Å². The van der Waals surface area contributed by atoms with Crippen LogP contribution in [0.2, 0.25) is 0 Å². The number of nitrogens with one attached hydrogen (secondary N) is 1. The van der Waals surface area contributed by atoms with Gasteiger partial charge in [-0.1, -0.05) is 30.3 Å². The Hall–Kier alpha value is -4.45. The van der Waals surface area contributed by atoms with E-state index in [1.165, 1.54) is 0 Å². The molecule has 0 atom stereocenters. The number of methoxy groups -OCH3 is 1. The highest BCUT2D eigenvalue weighted by Gasteiger charge is 2.12. The monoisotopic (exact) mass is 483 g/mol. The van der Waals surface area contributed by atoms with Gasteiger partial charge in [0.25, 0.3) is 5.91 Å². The van der Waals surface area contributed by atoms with Gasteiger partial charge in [0.05, 0.1) is 13.7 Å². The zero-order valence-corrected chi connectivity index (χ0v) is 20.4. The van der Waals surface area contributed by atoms with Crippen LogP contribution >= 0.6 is 0 Å². The molecule has 4 aromatic carbocycles. The molecule has 0 fully saturated rings. The van der Waals surface area contributed by atoms with E-state index in [-0.39, 0.29) is 12.5 Å². The molecule has 0 aliphatic heterocycles. The number of rotatable bonds is 11. The van der Waals surface area contributed by atoms with Crippen molar-refractivity contribution in [3.05, 3.63) is 114 Å². The van der Waals surface area contributed by atoms with Crippen LogP contribution in [0, 0.1) is 0 Å². The largest absolute Gasteiger partial charge is 0.497 e. The van der Waals surface area contributed by atoms with Gasteiger partial charge >= 0.3 is 0 Å². The number of hydrogen-bond acceptors (Lipinski definition) is 5. The minimum absolute atomic E-state index is 0.221. The highest BCUT2D eigenvalue weighted by atomic mass is 16.5. The molecule has 0 radical (unpaired) electrons. The van der Waals surface area contributed by atoms with Crippen LogP contribution in [-0.2, 0) is 13.2 Å². The Morgan fingerprint density at radius 2 is 1.36 bits per heavy atom. The van der Waals surface area contributed by atoms with Crippen molar-refractivity contribution in [2.24, 2.45) is 0 Å². The molecular weight excluding hydrogens is 454 g/mol. The van der Waals surface area contributed by atoms with E-state index < -0.39 is 0 Å². The number of anilines is 1. The fourth-order valence-electron chi connectivity index (χ4n) is 3.54. The van der Waals surface area contributed by atoms with Gasteiger partial charge in [0.1, 0.15) is 36.2 Å². The Morgan fingerprint density at radius 1 is 0.722 bits per heavy atom. The van der Waals surface area contributed by atoms with Crippen molar-refractivity contribution in [1.29, 1.82) is 0 Å². The summed E-state index contributed by atoms with van der Waals surface area (Å²) in [5.74, 6) is 2.65. The summed E-state index contributed by atoms with van der Waals surface area (Å²) in [7, 11) is 1.62. The Bertz CT molecular complexity index is 1260. The van der Waals surface area contributed by atoms with Crippen LogP contribution in [-0.4, -0.2) is 19.6 Å². The average Bonchev–Trinajstić information content (AvgIpc) is 2.93. The van der Waals surface area contributed by atoms with E-state index in [9.17, 15) is 4.79 Å². The molecule has 0 unspecified atom stereocenters. The first-order valence-electron chi connectivity index (χ1n) is 11.8. The number of amides is 1. The predicted molar refractivity (Wildman–Crippen MR) is 140 cm³/mol. The number of carbonyl (C=O) groups excluding carboxylic acids is 1. The van der Waals surface area contributed by atoms with Crippen LogP contribution in [0.25, 0.3) is 0 Å². The second-order valence-electron chi connectivity index (χ2n) is 7.97. The van der Waals surface area contributed by atoms with Crippen molar-refractivity contribution in [2.75, 3.05) is 19.0 Å². The second kappa shape index (κ2) is 12.3. The first-order chi connectivity index (χ1) is 17.6. The molecule has 0 bridgehead atoms. The fraction of sp³-hybridized carbons (Fsp3) is 0.167. The smallest absolute Gasteiger partial charge is 0.255 e. The van der Waals surface area contributed by atoms with Crippen LogP contribution in [0.1, 0.15) is 28.4 Å². The lowest BCUT2D eigenvalue weighted by molar-refractivity contribution is 0.102. The van der Waals surface area contributed by atoms with E-state index in [0.717, 1.165) is 22.6 Å². The average molecular weight is 484 g/mol. The molecule has 4 aromatic rings. The molecule has 184 valence electrons. The minimum atomic E-state index is -0.221. The van der Waals surface area contributed by atoms with Crippen molar-refractivity contribution >= 4 is 11.6 Å². The van der Waals surface area contributed by atoms with Gasteiger partial charge < -0.3 is 24.3 Å². The van der Waals surface area contributed by atoms with Gasteiger partial charge in [0.15, 0.2) is 0 Å². The van der Waals surface area contributed by atoms with E-state index in [2.05, 4.69) is 5.32 Å². The molecule has 0 saturated heterocycles. The topological polar surface area (TPSA) is 66.0 Å². The second-order valence-corrected chi connectivity index (χ2v) is 7.97. The van der Waals surface area contributed by atoms with Gasteiger partial charge in [0, 0.05) is 16.8 Å². The zero-order valence-electron chi connectivity index (χ0n) is 20.4. The van der Waals surface area contributed by atoms with Gasteiger partial charge in [-0.3, -0.25) is 4.79 Å². The third kappa shape index (κ3) is 6.79. The van der Waals surface area contributed by atoms with Crippen LogP contribution in [0.15, 0.2) is 97.1 Å².